The molecule has 6 nitrogen and oxygen atoms in total. The largest absolute Gasteiger partial charge is 0.372 e. The van der Waals surface area contributed by atoms with Crippen LogP contribution >= 0.6 is 0 Å². The summed E-state index contributed by atoms with van der Waals surface area (Å²) >= 11 is 0. The van der Waals surface area contributed by atoms with Crippen molar-refractivity contribution in [2.45, 2.75) is 31.2 Å². The monoisotopic (exact) mass is 363 g/mol. The Morgan fingerprint density at radius 2 is 2.22 bits per heavy atom. The van der Waals surface area contributed by atoms with Gasteiger partial charge in [-0.3, -0.25) is 9.78 Å². The molecule has 4 rings (SSSR count). The lowest BCUT2D eigenvalue weighted by atomic mass is 9.84. The smallest absolute Gasteiger partial charge is 0.254 e. The average Bonchev–Trinajstić information content (AvgIpc) is 2.71. The van der Waals surface area contributed by atoms with Crippen molar-refractivity contribution in [1.82, 2.24) is 9.88 Å². The fourth-order valence-electron chi connectivity index (χ4n) is 3.73. The molecule has 2 aliphatic rings. The SMILES string of the molecule is N#Cc1cccc(C(=O)N2CC3(CC(OCc4ccccn4)CCO3)C2)c1. The van der Waals surface area contributed by atoms with E-state index in [0.717, 1.165) is 18.5 Å². The van der Waals surface area contributed by atoms with Gasteiger partial charge >= 0.3 is 0 Å². The molecule has 0 radical (unpaired) electrons. The van der Waals surface area contributed by atoms with E-state index < -0.39 is 0 Å². The van der Waals surface area contributed by atoms with Crippen LogP contribution in [0, 0.1) is 11.3 Å². The van der Waals surface area contributed by atoms with E-state index in [1.165, 1.54) is 0 Å². The Hall–Kier alpha value is -2.75. The third kappa shape index (κ3) is 3.85. The van der Waals surface area contributed by atoms with Crippen LogP contribution < -0.4 is 0 Å². The minimum Gasteiger partial charge on any atom is -0.372 e. The number of amides is 1. The predicted molar refractivity (Wildman–Crippen MR) is 97.8 cm³/mol. The van der Waals surface area contributed by atoms with Crippen LogP contribution in [0.25, 0.3) is 0 Å². The number of pyridine rings is 1. The zero-order valence-corrected chi connectivity index (χ0v) is 15.0. The fourth-order valence-corrected chi connectivity index (χ4v) is 3.73. The van der Waals surface area contributed by atoms with Crippen LogP contribution in [0.4, 0.5) is 0 Å². The minimum absolute atomic E-state index is 0.0575. The summed E-state index contributed by atoms with van der Waals surface area (Å²) in [7, 11) is 0. The third-order valence-corrected chi connectivity index (χ3v) is 5.12. The van der Waals surface area contributed by atoms with E-state index in [1.807, 2.05) is 18.2 Å². The lowest BCUT2D eigenvalue weighted by molar-refractivity contribution is -0.188. The second-order valence-corrected chi connectivity index (χ2v) is 7.13. The van der Waals surface area contributed by atoms with Gasteiger partial charge in [-0.05, 0) is 36.8 Å². The van der Waals surface area contributed by atoms with E-state index in [0.29, 0.717) is 37.4 Å². The molecule has 2 aliphatic heterocycles. The Labute approximate surface area is 158 Å². The molecule has 1 spiro atoms. The first-order valence-corrected chi connectivity index (χ1v) is 9.12. The van der Waals surface area contributed by atoms with Crippen molar-refractivity contribution >= 4 is 5.91 Å². The second-order valence-electron chi connectivity index (χ2n) is 7.13. The van der Waals surface area contributed by atoms with Crippen LogP contribution in [0.5, 0.6) is 0 Å². The van der Waals surface area contributed by atoms with Crippen molar-refractivity contribution in [3.8, 4) is 6.07 Å². The minimum atomic E-state index is -0.310. The van der Waals surface area contributed by atoms with Crippen LogP contribution in [0.1, 0.15) is 34.5 Å². The molecule has 3 heterocycles. The van der Waals surface area contributed by atoms with Crippen molar-refractivity contribution in [3.05, 3.63) is 65.5 Å². The first-order valence-electron chi connectivity index (χ1n) is 9.12. The lowest BCUT2D eigenvalue weighted by Gasteiger charge is -2.53. The van der Waals surface area contributed by atoms with Crippen LogP contribution in [0.15, 0.2) is 48.7 Å². The molecule has 1 aromatic heterocycles. The highest BCUT2D eigenvalue weighted by Gasteiger charge is 2.49. The molecule has 1 aromatic carbocycles. The van der Waals surface area contributed by atoms with Crippen LogP contribution in [0.2, 0.25) is 0 Å². The Kier molecular flexibility index (Phi) is 4.88. The normalized spacial score (nSPS) is 20.7. The van der Waals surface area contributed by atoms with Gasteiger partial charge in [-0.1, -0.05) is 12.1 Å². The van der Waals surface area contributed by atoms with Crippen LogP contribution in [-0.2, 0) is 16.1 Å². The molecule has 0 aliphatic carbocycles. The maximum atomic E-state index is 12.6. The van der Waals surface area contributed by atoms with Gasteiger partial charge in [-0.15, -0.1) is 0 Å². The molecule has 1 amide bonds. The number of carbonyl (C=O) groups is 1. The number of likely N-dealkylation sites (tertiary alicyclic amines) is 1. The van der Waals surface area contributed by atoms with E-state index in [9.17, 15) is 4.79 Å². The molecule has 0 bridgehead atoms. The molecular weight excluding hydrogens is 342 g/mol. The zero-order chi connectivity index (χ0) is 18.7. The molecule has 0 N–H and O–H groups in total. The fraction of sp³-hybridized carbons (Fsp3) is 0.381. The number of hydrogen-bond donors (Lipinski definition) is 0. The van der Waals surface area contributed by atoms with Gasteiger partial charge in [-0.25, -0.2) is 0 Å². The van der Waals surface area contributed by atoms with Crippen molar-refractivity contribution < 1.29 is 14.3 Å². The van der Waals surface area contributed by atoms with Crippen LogP contribution in [0.3, 0.4) is 0 Å². The Morgan fingerprint density at radius 1 is 1.33 bits per heavy atom. The molecule has 0 saturated carbocycles. The first kappa shape index (κ1) is 17.7. The summed E-state index contributed by atoms with van der Waals surface area (Å²) in [6.45, 7) is 2.25. The summed E-state index contributed by atoms with van der Waals surface area (Å²) in [5.74, 6) is -0.0575. The first-order chi connectivity index (χ1) is 13.2. The van der Waals surface area contributed by atoms with Gasteiger partial charge in [0.1, 0.15) is 5.60 Å². The van der Waals surface area contributed by atoms with Gasteiger partial charge in [0.25, 0.3) is 5.91 Å². The maximum absolute atomic E-state index is 12.6. The number of nitriles is 1. The third-order valence-electron chi connectivity index (χ3n) is 5.12. The highest BCUT2D eigenvalue weighted by molar-refractivity contribution is 5.95. The number of nitrogens with zero attached hydrogens (tertiary/aromatic N) is 3. The standard InChI is InChI=1S/C21H21N3O3/c22-12-16-4-3-5-17(10-16)20(25)24-14-21(15-24)11-19(7-9-27-21)26-13-18-6-1-2-8-23-18/h1-6,8,10,19H,7,9,11,13-15H2. The summed E-state index contributed by atoms with van der Waals surface area (Å²) in [5.41, 5.74) is 1.65. The number of ether oxygens (including phenoxy) is 2. The van der Waals surface area contributed by atoms with Crippen molar-refractivity contribution in [1.29, 1.82) is 5.26 Å². The van der Waals surface area contributed by atoms with Crippen molar-refractivity contribution in [2.24, 2.45) is 0 Å². The molecule has 6 heteroatoms. The van der Waals surface area contributed by atoms with E-state index in [2.05, 4.69) is 11.1 Å². The lowest BCUT2D eigenvalue weighted by Crippen LogP contribution is -2.67. The van der Waals surface area contributed by atoms with E-state index in [1.54, 1.807) is 35.4 Å². The molecule has 2 saturated heterocycles. The van der Waals surface area contributed by atoms with Crippen LogP contribution in [-0.4, -0.2) is 47.2 Å². The van der Waals surface area contributed by atoms with Gasteiger partial charge in [0, 0.05) is 24.8 Å². The number of hydrogen-bond acceptors (Lipinski definition) is 5. The molecule has 27 heavy (non-hydrogen) atoms. The molecule has 138 valence electrons. The van der Waals surface area contributed by atoms with Gasteiger partial charge in [0.2, 0.25) is 0 Å². The average molecular weight is 363 g/mol. The predicted octanol–water partition coefficient (Wildman–Crippen LogP) is 2.54. The highest BCUT2D eigenvalue weighted by Crippen LogP contribution is 2.36. The summed E-state index contributed by atoms with van der Waals surface area (Å²) in [6.07, 6.45) is 3.51. The van der Waals surface area contributed by atoms with Crippen molar-refractivity contribution in [3.63, 3.8) is 0 Å². The van der Waals surface area contributed by atoms with E-state index >= 15 is 0 Å². The summed E-state index contributed by atoms with van der Waals surface area (Å²) < 4.78 is 12.0. The molecule has 1 unspecified atom stereocenters. The Morgan fingerprint density at radius 3 is 3.00 bits per heavy atom. The van der Waals surface area contributed by atoms with E-state index in [-0.39, 0.29) is 17.6 Å². The number of benzene rings is 1. The Balaban J connectivity index is 1.33. The van der Waals surface area contributed by atoms with Crippen molar-refractivity contribution in [2.75, 3.05) is 19.7 Å². The number of rotatable bonds is 4. The number of carbonyl (C=O) groups excluding carboxylic acids is 1. The molecule has 2 fully saturated rings. The Bertz CT molecular complexity index is 856. The van der Waals surface area contributed by atoms with Gasteiger partial charge < -0.3 is 14.4 Å². The van der Waals surface area contributed by atoms with Gasteiger partial charge in [-0.2, -0.15) is 5.26 Å². The molecular formula is C21H21N3O3. The molecule has 1 atom stereocenters. The summed E-state index contributed by atoms with van der Waals surface area (Å²) in [5, 5.41) is 9.00. The number of aromatic nitrogens is 1. The van der Waals surface area contributed by atoms with Gasteiger partial charge in [0.15, 0.2) is 0 Å². The summed E-state index contributed by atoms with van der Waals surface area (Å²) in [6, 6.07) is 14.7. The topological polar surface area (TPSA) is 75.5 Å². The van der Waals surface area contributed by atoms with E-state index in [4.69, 9.17) is 14.7 Å². The van der Waals surface area contributed by atoms with Gasteiger partial charge in [0.05, 0.1) is 43.1 Å². The second kappa shape index (κ2) is 7.47. The summed E-state index contributed by atoms with van der Waals surface area (Å²) in [4.78, 5) is 18.7. The highest BCUT2D eigenvalue weighted by atomic mass is 16.5. The maximum Gasteiger partial charge on any atom is 0.254 e. The zero-order valence-electron chi connectivity index (χ0n) is 15.0. The quantitative estimate of drug-likeness (QED) is 0.834. The molecule has 2 aromatic rings.